The van der Waals surface area contributed by atoms with E-state index in [4.69, 9.17) is 0 Å². The summed E-state index contributed by atoms with van der Waals surface area (Å²) in [7, 11) is 0. The number of aromatic nitrogens is 2. The van der Waals surface area contributed by atoms with Crippen molar-refractivity contribution in [2.75, 3.05) is 0 Å². The van der Waals surface area contributed by atoms with E-state index in [1.54, 1.807) is 0 Å². The van der Waals surface area contributed by atoms with E-state index in [1.807, 2.05) is 18.7 Å². The maximum Gasteiger partial charge on any atom is 0.0945 e. The predicted octanol–water partition coefficient (Wildman–Crippen LogP) is 2.71. The molecule has 1 saturated carbocycles. The highest BCUT2D eigenvalue weighted by Gasteiger charge is 2.23. The van der Waals surface area contributed by atoms with Gasteiger partial charge in [0.1, 0.15) is 0 Å². The first kappa shape index (κ1) is 8.79. The molecule has 0 radical (unpaired) electrons. The number of hydrogen-bond acceptors (Lipinski definition) is 1. The lowest BCUT2D eigenvalue weighted by Crippen LogP contribution is -2.20. The molecule has 0 spiro atoms. The quantitative estimate of drug-likeness (QED) is 0.693. The first-order valence-electron chi connectivity index (χ1n) is 5.32. The van der Waals surface area contributed by atoms with Crippen LogP contribution in [0.4, 0.5) is 0 Å². The van der Waals surface area contributed by atoms with Crippen LogP contribution in [-0.4, -0.2) is 9.55 Å². The number of imidazole rings is 1. The highest BCUT2D eigenvalue weighted by atomic mass is 15.0. The van der Waals surface area contributed by atoms with Gasteiger partial charge in [0.05, 0.1) is 6.33 Å². The van der Waals surface area contributed by atoms with Crippen LogP contribution in [0.1, 0.15) is 32.6 Å². The van der Waals surface area contributed by atoms with Gasteiger partial charge in [-0.25, -0.2) is 4.98 Å². The van der Waals surface area contributed by atoms with Crippen LogP contribution in [0.15, 0.2) is 18.7 Å². The Kier molecular flexibility index (Phi) is 2.67. The predicted molar refractivity (Wildman–Crippen MR) is 53.3 cm³/mol. The van der Waals surface area contributed by atoms with Crippen molar-refractivity contribution in [3.8, 4) is 0 Å². The zero-order chi connectivity index (χ0) is 9.10. The zero-order valence-corrected chi connectivity index (χ0v) is 8.32. The van der Waals surface area contributed by atoms with Gasteiger partial charge in [-0.15, -0.1) is 0 Å². The van der Waals surface area contributed by atoms with Crippen LogP contribution in [0, 0.1) is 11.8 Å². The van der Waals surface area contributed by atoms with Crippen molar-refractivity contribution in [2.24, 2.45) is 11.8 Å². The summed E-state index contributed by atoms with van der Waals surface area (Å²) in [6, 6.07) is 0. The minimum absolute atomic E-state index is 0.899. The Morgan fingerprint density at radius 2 is 2.38 bits per heavy atom. The second-order valence-electron chi connectivity index (χ2n) is 4.26. The Morgan fingerprint density at radius 3 is 2.92 bits per heavy atom. The van der Waals surface area contributed by atoms with Crippen LogP contribution < -0.4 is 0 Å². The number of aryl methyl sites for hydroxylation is 1. The van der Waals surface area contributed by atoms with E-state index < -0.39 is 0 Å². The molecule has 0 bridgehead atoms. The summed E-state index contributed by atoms with van der Waals surface area (Å²) in [5.41, 5.74) is 0. The molecule has 0 aliphatic heterocycles. The van der Waals surface area contributed by atoms with Crippen LogP contribution in [-0.2, 0) is 6.54 Å². The first-order valence-corrected chi connectivity index (χ1v) is 5.32. The zero-order valence-electron chi connectivity index (χ0n) is 8.32. The van der Waals surface area contributed by atoms with E-state index >= 15 is 0 Å². The third-order valence-corrected chi connectivity index (χ3v) is 3.36. The van der Waals surface area contributed by atoms with Crippen molar-refractivity contribution >= 4 is 0 Å². The van der Waals surface area contributed by atoms with Gasteiger partial charge in [0.25, 0.3) is 0 Å². The van der Waals surface area contributed by atoms with Crippen LogP contribution >= 0.6 is 0 Å². The third-order valence-electron chi connectivity index (χ3n) is 3.36. The lowest BCUT2D eigenvalue weighted by Gasteiger charge is -2.31. The molecule has 2 nitrogen and oxygen atoms in total. The molecule has 0 N–H and O–H groups in total. The molecule has 1 aliphatic carbocycles. The lowest BCUT2D eigenvalue weighted by molar-refractivity contribution is 0.204. The first-order chi connectivity index (χ1) is 6.36. The van der Waals surface area contributed by atoms with Gasteiger partial charge in [0.2, 0.25) is 0 Å². The Hall–Kier alpha value is -0.790. The minimum Gasteiger partial charge on any atom is -0.337 e. The second-order valence-corrected chi connectivity index (χ2v) is 4.26. The molecule has 0 saturated heterocycles. The Balaban J connectivity index is 1.72. The summed E-state index contributed by atoms with van der Waals surface area (Å²) < 4.78 is 2.18. The average Bonchev–Trinajstić information content (AvgIpc) is 2.49. The fourth-order valence-corrected chi connectivity index (χ4v) is 2.02. The summed E-state index contributed by atoms with van der Waals surface area (Å²) in [5, 5.41) is 0. The SMILES string of the molecule is C[C@H](CCn1ccnc1)C1CCC1. The van der Waals surface area contributed by atoms with Gasteiger partial charge in [0.15, 0.2) is 0 Å². The number of hydrogen-bond donors (Lipinski definition) is 0. The molecule has 1 aromatic rings. The minimum atomic E-state index is 0.899. The van der Waals surface area contributed by atoms with E-state index in [0.717, 1.165) is 18.4 Å². The maximum atomic E-state index is 4.04. The van der Waals surface area contributed by atoms with Gasteiger partial charge in [-0.3, -0.25) is 0 Å². The molecular formula is C11H18N2. The Labute approximate surface area is 80.0 Å². The van der Waals surface area contributed by atoms with Gasteiger partial charge in [-0.1, -0.05) is 26.2 Å². The second kappa shape index (κ2) is 3.95. The topological polar surface area (TPSA) is 17.8 Å². The van der Waals surface area contributed by atoms with Gasteiger partial charge in [-0.05, 0) is 18.3 Å². The van der Waals surface area contributed by atoms with Gasteiger partial charge < -0.3 is 4.57 Å². The fraction of sp³-hybridized carbons (Fsp3) is 0.727. The normalized spacial score (nSPS) is 19.8. The van der Waals surface area contributed by atoms with Crippen molar-refractivity contribution in [3.63, 3.8) is 0 Å². The summed E-state index contributed by atoms with van der Waals surface area (Å²) >= 11 is 0. The smallest absolute Gasteiger partial charge is 0.0945 e. The Morgan fingerprint density at radius 1 is 1.54 bits per heavy atom. The van der Waals surface area contributed by atoms with Crippen LogP contribution in [0.3, 0.4) is 0 Å². The highest BCUT2D eigenvalue weighted by Crippen LogP contribution is 2.34. The molecule has 0 aromatic carbocycles. The molecule has 2 rings (SSSR count). The standard InChI is InChI=1S/C11H18N2/c1-10(11-3-2-4-11)5-7-13-8-6-12-9-13/h6,8-11H,2-5,7H2,1H3/t10-/m1/s1. The van der Waals surface area contributed by atoms with Crippen LogP contribution in [0.5, 0.6) is 0 Å². The van der Waals surface area contributed by atoms with E-state index in [9.17, 15) is 0 Å². The summed E-state index contributed by atoms with van der Waals surface area (Å²) in [4.78, 5) is 4.04. The number of nitrogens with zero attached hydrogens (tertiary/aromatic N) is 2. The number of rotatable bonds is 4. The van der Waals surface area contributed by atoms with Gasteiger partial charge in [0, 0.05) is 18.9 Å². The van der Waals surface area contributed by atoms with Crippen LogP contribution in [0.25, 0.3) is 0 Å². The molecule has 1 atom stereocenters. The van der Waals surface area contributed by atoms with Crippen molar-refractivity contribution in [3.05, 3.63) is 18.7 Å². The molecule has 1 heterocycles. The van der Waals surface area contributed by atoms with E-state index in [1.165, 1.54) is 25.7 Å². The molecule has 0 amide bonds. The fourth-order valence-electron chi connectivity index (χ4n) is 2.02. The lowest BCUT2D eigenvalue weighted by atomic mass is 9.75. The van der Waals surface area contributed by atoms with Gasteiger partial charge in [-0.2, -0.15) is 0 Å². The summed E-state index contributed by atoms with van der Waals surface area (Å²) in [5.74, 6) is 1.92. The molecule has 1 aromatic heterocycles. The highest BCUT2D eigenvalue weighted by molar-refractivity contribution is 4.77. The average molecular weight is 178 g/mol. The molecule has 1 fully saturated rings. The summed E-state index contributed by atoms with van der Waals surface area (Å²) in [6.45, 7) is 3.53. The van der Waals surface area contributed by atoms with Crippen molar-refractivity contribution in [2.45, 2.75) is 39.2 Å². The van der Waals surface area contributed by atoms with Crippen molar-refractivity contribution < 1.29 is 0 Å². The molecule has 2 heteroatoms. The monoisotopic (exact) mass is 178 g/mol. The molecule has 0 unspecified atom stereocenters. The molecule has 72 valence electrons. The van der Waals surface area contributed by atoms with Crippen molar-refractivity contribution in [1.82, 2.24) is 9.55 Å². The van der Waals surface area contributed by atoms with Crippen LogP contribution in [0.2, 0.25) is 0 Å². The molecule has 1 aliphatic rings. The molecular weight excluding hydrogens is 160 g/mol. The summed E-state index contributed by atoms with van der Waals surface area (Å²) in [6.07, 6.45) is 11.5. The Bertz CT molecular complexity index is 237. The van der Waals surface area contributed by atoms with E-state index in [-0.39, 0.29) is 0 Å². The third kappa shape index (κ3) is 2.11. The van der Waals surface area contributed by atoms with Crippen molar-refractivity contribution in [1.29, 1.82) is 0 Å². The largest absolute Gasteiger partial charge is 0.337 e. The maximum absolute atomic E-state index is 4.04. The van der Waals surface area contributed by atoms with E-state index in [2.05, 4.69) is 16.5 Å². The van der Waals surface area contributed by atoms with Gasteiger partial charge >= 0.3 is 0 Å². The molecule has 13 heavy (non-hydrogen) atoms. The van der Waals surface area contributed by atoms with E-state index in [0.29, 0.717) is 0 Å².